The van der Waals surface area contributed by atoms with Crippen molar-refractivity contribution in [3.05, 3.63) is 76.0 Å². The van der Waals surface area contributed by atoms with Crippen molar-refractivity contribution in [2.75, 3.05) is 32.7 Å². The predicted octanol–water partition coefficient (Wildman–Crippen LogP) is 3.96. The molecule has 5 nitrogen and oxygen atoms in total. The lowest BCUT2D eigenvalue weighted by molar-refractivity contribution is 0.0645. The zero-order chi connectivity index (χ0) is 20.7. The van der Waals surface area contributed by atoms with Crippen molar-refractivity contribution in [3.8, 4) is 11.1 Å². The van der Waals surface area contributed by atoms with E-state index in [1.165, 1.54) is 0 Å². The quantitative estimate of drug-likeness (QED) is 0.507. The Hall–Kier alpha value is -2.96. The number of benzene rings is 1. The van der Waals surface area contributed by atoms with Crippen LogP contribution in [0.5, 0.6) is 0 Å². The van der Waals surface area contributed by atoms with Gasteiger partial charge in [0.2, 0.25) is 0 Å². The number of aromatic nitrogens is 1. The highest BCUT2D eigenvalue weighted by Gasteiger charge is 2.25. The van der Waals surface area contributed by atoms with Crippen molar-refractivity contribution in [3.63, 3.8) is 0 Å². The maximum Gasteiger partial charge on any atom is 0.263 e. The maximum atomic E-state index is 13.7. The number of carbonyl (C=O) groups excluding carboxylic acids is 1. The fourth-order valence-corrected chi connectivity index (χ4v) is 5.18. The van der Waals surface area contributed by atoms with Crippen LogP contribution in [-0.4, -0.2) is 52.8 Å². The molecule has 0 unspecified atom stereocenters. The van der Waals surface area contributed by atoms with E-state index in [9.17, 15) is 9.59 Å². The second kappa shape index (κ2) is 7.70. The molecule has 5 rings (SSSR count). The highest BCUT2D eigenvalue weighted by Crippen LogP contribution is 2.30. The average molecular weight is 418 g/mol. The minimum atomic E-state index is -0.0983. The molecule has 3 aromatic heterocycles. The van der Waals surface area contributed by atoms with Crippen LogP contribution in [0.1, 0.15) is 17.3 Å². The van der Waals surface area contributed by atoms with E-state index < -0.39 is 0 Å². The summed E-state index contributed by atoms with van der Waals surface area (Å²) in [6, 6.07) is 15.4. The van der Waals surface area contributed by atoms with Gasteiger partial charge >= 0.3 is 0 Å². The van der Waals surface area contributed by atoms with Gasteiger partial charge < -0.3 is 9.80 Å². The summed E-state index contributed by atoms with van der Waals surface area (Å²) in [5.74, 6) is 0.00124. The number of hydrogen-bond acceptors (Lipinski definition) is 4. The first-order chi connectivity index (χ1) is 14.7. The molecule has 1 fully saturated rings. The highest BCUT2D eigenvalue weighted by molar-refractivity contribution is 7.18. The number of piperazine rings is 1. The third kappa shape index (κ3) is 3.13. The Morgan fingerprint density at radius 1 is 1.03 bits per heavy atom. The van der Waals surface area contributed by atoms with Crippen molar-refractivity contribution in [1.29, 1.82) is 0 Å². The van der Waals surface area contributed by atoms with Gasteiger partial charge in [-0.3, -0.25) is 14.0 Å². The third-order valence-electron chi connectivity index (χ3n) is 5.97. The molecule has 30 heavy (non-hydrogen) atoms. The number of fused-ring (bicyclic) bond motifs is 3. The summed E-state index contributed by atoms with van der Waals surface area (Å²) < 4.78 is 2.63. The zero-order valence-corrected chi connectivity index (χ0v) is 17.7. The monoisotopic (exact) mass is 417 g/mol. The van der Waals surface area contributed by atoms with Crippen molar-refractivity contribution in [2.45, 2.75) is 6.92 Å². The van der Waals surface area contributed by atoms with E-state index in [1.807, 2.05) is 52.7 Å². The van der Waals surface area contributed by atoms with Gasteiger partial charge in [-0.2, -0.15) is 0 Å². The van der Waals surface area contributed by atoms with Crippen LogP contribution in [0, 0.1) is 0 Å². The Bertz CT molecular complexity index is 1280. The summed E-state index contributed by atoms with van der Waals surface area (Å²) in [7, 11) is 0. The fraction of sp³-hybridized carbons (Fsp3) is 0.250. The van der Waals surface area contributed by atoms with Crippen LogP contribution in [0.2, 0.25) is 0 Å². The Morgan fingerprint density at radius 2 is 1.80 bits per heavy atom. The molecule has 152 valence electrons. The first-order valence-electron chi connectivity index (χ1n) is 10.3. The summed E-state index contributed by atoms with van der Waals surface area (Å²) in [4.78, 5) is 31.3. The molecule has 6 heteroatoms. The van der Waals surface area contributed by atoms with Gasteiger partial charge in [-0.25, -0.2) is 0 Å². The number of amides is 1. The van der Waals surface area contributed by atoms with Crippen LogP contribution in [0.25, 0.3) is 26.7 Å². The number of nitrogens with zero attached hydrogens (tertiary/aromatic N) is 3. The Labute approximate surface area is 178 Å². The van der Waals surface area contributed by atoms with Gasteiger partial charge in [-0.05, 0) is 41.1 Å². The Balaban J connectivity index is 1.73. The number of thiophene rings is 1. The number of rotatable bonds is 3. The zero-order valence-electron chi connectivity index (χ0n) is 16.9. The van der Waals surface area contributed by atoms with Crippen LogP contribution in [0.3, 0.4) is 0 Å². The summed E-state index contributed by atoms with van der Waals surface area (Å²) in [6.07, 6.45) is 1.80. The van der Waals surface area contributed by atoms with E-state index in [-0.39, 0.29) is 11.5 Å². The van der Waals surface area contributed by atoms with Gasteiger partial charge in [0.1, 0.15) is 0 Å². The van der Waals surface area contributed by atoms with E-state index in [0.29, 0.717) is 24.2 Å². The van der Waals surface area contributed by atoms with Gasteiger partial charge in [-0.15, -0.1) is 11.3 Å². The highest BCUT2D eigenvalue weighted by atomic mass is 32.1. The van der Waals surface area contributed by atoms with E-state index in [0.717, 1.165) is 40.8 Å². The molecular formula is C24H23N3O2S. The lowest BCUT2D eigenvalue weighted by Gasteiger charge is -2.34. The average Bonchev–Trinajstić information content (AvgIpc) is 3.29. The lowest BCUT2D eigenvalue weighted by Crippen LogP contribution is -2.48. The maximum absolute atomic E-state index is 13.7. The Kier molecular flexibility index (Phi) is 4.89. The minimum absolute atomic E-state index is 0.00124. The Morgan fingerprint density at radius 3 is 2.53 bits per heavy atom. The molecule has 0 atom stereocenters. The third-order valence-corrected chi connectivity index (χ3v) is 6.91. The van der Waals surface area contributed by atoms with Crippen molar-refractivity contribution < 1.29 is 4.79 Å². The topological polar surface area (TPSA) is 45.0 Å². The molecule has 0 spiro atoms. The van der Waals surface area contributed by atoms with Gasteiger partial charge in [0.15, 0.2) is 0 Å². The fourth-order valence-electron chi connectivity index (χ4n) is 4.23. The molecule has 1 aromatic carbocycles. The molecular weight excluding hydrogens is 394 g/mol. The van der Waals surface area contributed by atoms with E-state index in [1.54, 1.807) is 28.0 Å². The molecule has 4 heterocycles. The second-order valence-electron chi connectivity index (χ2n) is 7.61. The number of hydrogen-bond donors (Lipinski definition) is 0. The van der Waals surface area contributed by atoms with E-state index >= 15 is 0 Å². The SMILES string of the molecule is CCN1CCN(C(=O)c2cc(-c3ccccc3)c(=O)n3ccc4ccsc4c23)CC1. The molecule has 0 radical (unpaired) electrons. The van der Waals surface area contributed by atoms with Crippen molar-refractivity contribution in [2.24, 2.45) is 0 Å². The van der Waals surface area contributed by atoms with Crippen LogP contribution in [0.15, 0.2) is 64.9 Å². The standard InChI is InChI=1S/C24H23N3O2S/c1-2-25-11-13-26(14-12-25)23(28)20-16-19(17-6-4-3-5-7-17)24(29)27-10-8-18-9-15-30-22(18)21(20)27/h3-10,15-16H,2,11-14H2,1H3. The molecule has 4 aromatic rings. The summed E-state index contributed by atoms with van der Waals surface area (Å²) in [5.41, 5.74) is 2.60. The van der Waals surface area contributed by atoms with Gasteiger partial charge in [0, 0.05) is 37.9 Å². The molecule has 1 saturated heterocycles. The molecule has 1 aliphatic heterocycles. The summed E-state index contributed by atoms with van der Waals surface area (Å²) in [6.45, 7) is 6.33. The summed E-state index contributed by atoms with van der Waals surface area (Å²) >= 11 is 1.57. The normalized spacial score (nSPS) is 15.2. The molecule has 0 bridgehead atoms. The number of carbonyl (C=O) groups is 1. The number of likely N-dealkylation sites (N-methyl/N-ethyl adjacent to an activating group) is 1. The van der Waals surface area contributed by atoms with Crippen LogP contribution < -0.4 is 5.56 Å². The molecule has 0 aliphatic carbocycles. The molecule has 1 amide bonds. The predicted molar refractivity (Wildman–Crippen MR) is 123 cm³/mol. The smallest absolute Gasteiger partial charge is 0.263 e. The van der Waals surface area contributed by atoms with Crippen LogP contribution >= 0.6 is 11.3 Å². The van der Waals surface area contributed by atoms with Crippen molar-refractivity contribution in [1.82, 2.24) is 14.2 Å². The first-order valence-corrected chi connectivity index (χ1v) is 11.2. The van der Waals surface area contributed by atoms with E-state index in [4.69, 9.17) is 0 Å². The van der Waals surface area contributed by atoms with E-state index in [2.05, 4.69) is 11.8 Å². The van der Waals surface area contributed by atoms with Crippen LogP contribution in [-0.2, 0) is 0 Å². The number of pyridine rings is 2. The van der Waals surface area contributed by atoms with Crippen LogP contribution in [0.4, 0.5) is 0 Å². The first kappa shape index (κ1) is 19.0. The molecule has 0 N–H and O–H groups in total. The summed E-state index contributed by atoms with van der Waals surface area (Å²) in [5, 5.41) is 3.06. The molecule has 1 aliphatic rings. The van der Waals surface area contributed by atoms with Gasteiger partial charge in [0.05, 0.1) is 15.8 Å². The minimum Gasteiger partial charge on any atom is -0.336 e. The second-order valence-corrected chi connectivity index (χ2v) is 8.52. The lowest BCUT2D eigenvalue weighted by atomic mass is 10.0. The van der Waals surface area contributed by atoms with Gasteiger partial charge in [0.25, 0.3) is 11.5 Å². The molecule has 0 saturated carbocycles. The van der Waals surface area contributed by atoms with Crippen molar-refractivity contribution >= 4 is 32.8 Å². The van der Waals surface area contributed by atoms with Gasteiger partial charge in [-0.1, -0.05) is 37.3 Å². The largest absolute Gasteiger partial charge is 0.336 e.